The number of carbonyl (C=O) groups is 2. The summed E-state index contributed by atoms with van der Waals surface area (Å²) in [6.45, 7) is 9.50. The van der Waals surface area contributed by atoms with Gasteiger partial charge in [0, 0.05) is 13.5 Å². The second-order valence-corrected chi connectivity index (χ2v) is 5.33. The molecule has 1 amide bonds. The number of hydrogen-bond donors (Lipinski definition) is 0. The molecule has 1 rings (SSSR count). The van der Waals surface area contributed by atoms with Crippen molar-refractivity contribution in [3.05, 3.63) is 0 Å². The molecule has 0 aromatic rings. The Morgan fingerprint density at radius 2 is 1.81 bits per heavy atom. The van der Waals surface area contributed by atoms with Gasteiger partial charge in [-0.25, -0.2) is 0 Å². The van der Waals surface area contributed by atoms with Crippen molar-refractivity contribution in [2.45, 2.75) is 58.8 Å². The predicted octanol–water partition coefficient (Wildman–Crippen LogP) is 1.38. The zero-order chi connectivity index (χ0) is 12.5. The SMILES string of the molecule is CC(=O)[C@@H]1C(OC(C)(C)C)CCN1C(C)=O. The second kappa shape index (κ2) is 4.53. The molecule has 4 heteroatoms. The molecule has 1 saturated heterocycles. The summed E-state index contributed by atoms with van der Waals surface area (Å²) in [6.07, 6.45) is 0.572. The molecule has 1 heterocycles. The molecular weight excluding hydrogens is 206 g/mol. The third kappa shape index (κ3) is 3.04. The summed E-state index contributed by atoms with van der Waals surface area (Å²) in [5, 5.41) is 0. The van der Waals surface area contributed by atoms with Crippen molar-refractivity contribution in [2.24, 2.45) is 0 Å². The maximum Gasteiger partial charge on any atom is 0.220 e. The minimum Gasteiger partial charge on any atom is -0.370 e. The Balaban J connectivity index is 2.80. The van der Waals surface area contributed by atoms with Gasteiger partial charge in [0.1, 0.15) is 6.04 Å². The number of nitrogens with zero attached hydrogens (tertiary/aromatic N) is 1. The van der Waals surface area contributed by atoms with Crippen LogP contribution in [0.2, 0.25) is 0 Å². The first-order valence-corrected chi connectivity index (χ1v) is 5.68. The van der Waals surface area contributed by atoms with Gasteiger partial charge < -0.3 is 9.64 Å². The van der Waals surface area contributed by atoms with E-state index in [4.69, 9.17) is 4.74 Å². The highest BCUT2D eigenvalue weighted by Gasteiger charge is 2.41. The van der Waals surface area contributed by atoms with Crippen LogP contribution >= 0.6 is 0 Å². The van der Waals surface area contributed by atoms with Gasteiger partial charge in [0.05, 0.1) is 11.7 Å². The average Bonchev–Trinajstić information content (AvgIpc) is 2.44. The summed E-state index contributed by atoms with van der Waals surface area (Å²) in [7, 11) is 0. The molecule has 0 N–H and O–H groups in total. The Kier molecular flexibility index (Phi) is 3.73. The van der Waals surface area contributed by atoms with Crippen molar-refractivity contribution < 1.29 is 14.3 Å². The summed E-state index contributed by atoms with van der Waals surface area (Å²) < 4.78 is 5.84. The maximum atomic E-state index is 11.6. The van der Waals surface area contributed by atoms with Crippen molar-refractivity contribution in [1.82, 2.24) is 4.90 Å². The van der Waals surface area contributed by atoms with E-state index in [9.17, 15) is 9.59 Å². The largest absolute Gasteiger partial charge is 0.370 e. The van der Waals surface area contributed by atoms with Gasteiger partial charge in [-0.3, -0.25) is 9.59 Å². The first kappa shape index (κ1) is 13.2. The Bertz CT molecular complexity index is 293. The van der Waals surface area contributed by atoms with Crippen LogP contribution in [0.25, 0.3) is 0 Å². The quantitative estimate of drug-likeness (QED) is 0.716. The van der Waals surface area contributed by atoms with Crippen LogP contribution in [-0.2, 0) is 14.3 Å². The Morgan fingerprint density at radius 1 is 1.25 bits per heavy atom. The molecule has 1 aliphatic rings. The normalized spacial score (nSPS) is 25.9. The van der Waals surface area contributed by atoms with E-state index in [1.165, 1.54) is 13.8 Å². The fraction of sp³-hybridized carbons (Fsp3) is 0.833. The standard InChI is InChI=1S/C12H21NO3/c1-8(14)11-10(16-12(3,4)5)6-7-13(11)9(2)15/h10-11H,6-7H2,1-5H3/t10?,11-/m1/s1. The lowest BCUT2D eigenvalue weighted by Gasteiger charge is -2.30. The van der Waals surface area contributed by atoms with E-state index >= 15 is 0 Å². The van der Waals surface area contributed by atoms with Gasteiger partial charge in [-0.2, -0.15) is 0 Å². The van der Waals surface area contributed by atoms with E-state index in [0.717, 1.165) is 6.42 Å². The third-order valence-electron chi connectivity index (χ3n) is 2.67. The van der Waals surface area contributed by atoms with Crippen molar-refractivity contribution >= 4 is 11.7 Å². The number of hydrogen-bond acceptors (Lipinski definition) is 3. The minimum absolute atomic E-state index is 0.00181. The van der Waals surface area contributed by atoms with Crippen LogP contribution in [0.15, 0.2) is 0 Å². The molecule has 16 heavy (non-hydrogen) atoms. The highest BCUT2D eigenvalue weighted by atomic mass is 16.5. The summed E-state index contributed by atoms with van der Waals surface area (Å²) in [4.78, 5) is 24.6. The first-order valence-electron chi connectivity index (χ1n) is 5.68. The van der Waals surface area contributed by atoms with Gasteiger partial charge in [-0.05, 0) is 34.1 Å². The van der Waals surface area contributed by atoms with Crippen LogP contribution in [0.1, 0.15) is 41.0 Å². The average molecular weight is 227 g/mol. The van der Waals surface area contributed by atoms with E-state index in [0.29, 0.717) is 6.54 Å². The fourth-order valence-corrected chi connectivity index (χ4v) is 2.18. The lowest BCUT2D eigenvalue weighted by atomic mass is 10.1. The molecule has 0 saturated carbocycles. The fourth-order valence-electron chi connectivity index (χ4n) is 2.18. The molecule has 92 valence electrons. The lowest BCUT2D eigenvalue weighted by Crippen LogP contribution is -2.45. The first-order chi connectivity index (χ1) is 7.22. The van der Waals surface area contributed by atoms with Gasteiger partial charge in [-0.15, -0.1) is 0 Å². The second-order valence-electron chi connectivity index (χ2n) is 5.33. The summed E-state index contributed by atoms with van der Waals surface area (Å²) >= 11 is 0. The molecule has 0 aliphatic carbocycles. The number of amides is 1. The highest BCUT2D eigenvalue weighted by Crippen LogP contribution is 2.26. The Labute approximate surface area is 96.9 Å². The maximum absolute atomic E-state index is 11.6. The monoisotopic (exact) mass is 227 g/mol. The van der Waals surface area contributed by atoms with Crippen molar-refractivity contribution in [3.63, 3.8) is 0 Å². The van der Waals surface area contributed by atoms with Crippen LogP contribution in [-0.4, -0.2) is 40.9 Å². The topological polar surface area (TPSA) is 46.6 Å². The number of likely N-dealkylation sites (tertiary alicyclic amines) is 1. The number of ether oxygens (including phenoxy) is 1. The van der Waals surface area contributed by atoms with Crippen LogP contribution in [0.5, 0.6) is 0 Å². The zero-order valence-electron chi connectivity index (χ0n) is 10.7. The summed E-state index contributed by atoms with van der Waals surface area (Å²) in [6, 6.07) is -0.406. The molecule has 0 aromatic carbocycles. The molecule has 4 nitrogen and oxygen atoms in total. The smallest absolute Gasteiger partial charge is 0.220 e. The van der Waals surface area contributed by atoms with Crippen molar-refractivity contribution in [3.8, 4) is 0 Å². The third-order valence-corrected chi connectivity index (χ3v) is 2.67. The Hall–Kier alpha value is -0.900. The summed E-state index contributed by atoms with van der Waals surface area (Å²) in [5.41, 5.74) is -0.287. The van der Waals surface area contributed by atoms with Crippen LogP contribution in [0.4, 0.5) is 0 Å². The predicted molar refractivity (Wildman–Crippen MR) is 61.1 cm³/mol. The van der Waals surface area contributed by atoms with Crippen LogP contribution < -0.4 is 0 Å². The number of carbonyl (C=O) groups excluding carboxylic acids is 2. The van der Waals surface area contributed by atoms with E-state index < -0.39 is 6.04 Å². The molecule has 2 atom stereocenters. The van der Waals surface area contributed by atoms with E-state index in [1.54, 1.807) is 4.90 Å². The molecule has 0 spiro atoms. The van der Waals surface area contributed by atoms with Crippen molar-refractivity contribution in [2.75, 3.05) is 6.54 Å². The van der Waals surface area contributed by atoms with Gasteiger partial charge in [0.2, 0.25) is 5.91 Å². The molecule has 0 bridgehead atoms. The van der Waals surface area contributed by atoms with Crippen LogP contribution in [0, 0.1) is 0 Å². The minimum atomic E-state index is -0.406. The molecule has 1 unspecified atom stereocenters. The van der Waals surface area contributed by atoms with Crippen molar-refractivity contribution in [1.29, 1.82) is 0 Å². The molecular formula is C12H21NO3. The van der Waals surface area contributed by atoms with E-state index in [2.05, 4.69) is 0 Å². The molecule has 0 aromatic heterocycles. The number of rotatable bonds is 2. The van der Waals surface area contributed by atoms with Gasteiger partial charge in [0.15, 0.2) is 5.78 Å². The van der Waals surface area contributed by atoms with E-state index in [1.807, 2.05) is 20.8 Å². The lowest BCUT2D eigenvalue weighted by molar-refractivity contribution is -0.141. The Morgan fingerprint density at radius 3 is 2.19 bits per heavy atom. The molecule has 1 aliphatic heterocycles. The molecule has 1 fully saturated rings. The highest BCUT2D eigenvalue weighted by molar-refractivity contribution is 5.88. The van der Waals surface area contributed by atoms with Crippen LogP contribution in [0.3, 0.4) is 0 Å². The van der Waals surface area contributed by atoms with Gasteiger partial charge in [0.25, 0.3) is 0 Å². The number of ketones is 1. The van der Waals surface area contributed by atoms with Gasteiger partial charge >= 0.3 is 0 Å². The zero-order valence-corrected chi connectivity index (χ0v) is 10.7. The summed E-state index contributed by atoms with van der Waals surface area (Å²) in [5.74, 6) is -0.0536. The van der Waals surface area contributed by atoms with Gasteiger partial charge in [-0.1, -0.05) is 0 Å². The van der Waals surface area contributed by atoms with E-state index in [-0.39, 0.29) is 23.4 Å². The molecule has 0 radical (unpaired) electrons. The number of Topliss-reactive ketones (excluding diaryl/α,β-unsaturated/α-hetero) is 1.